The average Bonchev–Trinajstić information content (AvgIpc) is 2.93. The molecule has 1 N–H and O–H groups in total. The van der Waals surface area contributed by atoms with E-state index in [0.29, 0.717) is 11.8 Å². The van der Waals surface area contributed by atoms with Gasteiger partial charge in [0, 0.05) is 22.8 Å². The molecule has 98 valence electrons. The molecule has 0 aromatic carbocycles. The first kappa shape index (κ1) is 12.2. The van der Waals surface area contributed by atoms with Crippen molar-refractivity contribution in [3.05, 3.63) is 21.9 Å². The average molecular weight is 265 g/mol. The number of thiophene rings is 1. The fourth-order valence-electron chi connectivity index (χ4n) is 3.67. The third-order valence-corrected chi connectivity index (χ3v) is 5.38. The van der Waals surface area contributed by atoms with Gasteiger partial charge in [-0.25, -0.2) is 0 Å². The quantitative estimate of drug-likeness (QED) is 0.913. The molecule has 1 aliphatic carbocycles. The van der Waals surface area contributed by atoms with Crippen LogP contribution < -0.4 is 0 Å². The molecule has 0 spiro atoms. The summed E-state index contributed by atoms with van der Waals surface area (Å²) >= 11 is 1.78. The number of rotatable bonds is 3. The third-order valence-electron chi connectivity index (χ3n) is 4.39. The maximum absolute atomic E-state index is 11.5. The number of hydrogen-bond acceptors (Lipinski definition) is 3. The molecule has 2 aliphatic rings. The van der Waals surface area contributed by atoms with E-state index in [1.165, 1.54) is 22.6 Å². The first-order valence-corrected chi connectivity index (χ1v) is 7.49. The Bertz CT molecular complexity index is 456. The van der Waals surface area contributed by atoms with Gasteiger partial charge in [0.05, 0.1) is 0 Å². The number of hydrogen-bond donors (Lipinski definition) is 1. The smallest absolute Gasteiger partial charge is 0.321 e. The van der Waals surface area contributed by atoms with Crippen LogP contribution in [0.2, 0.25) is 0 Å². The lowest BCUT2D eigenvalue weighted by molar-refractivity contribution is -0.143. The third kappa shape index (κ3) is 2.08. The maximum atomic E-state index is 11.5. The molecule has 2 heterocycles. The minimum atomic E-state index is -0.627. The summed E-state index contributed by atoms with van der Waals surface area (Å²) in [4.78, 5) is 16.3. The van der Waals surface area contributed by atoms with Crippen molar-refractivity contribution in [1.82, 2.24) is 4.90 Å². The molecule has 4 heteroatoms. The topological polar surface area (TPSA) is 40.5 Å². The molecule has 3 atom stereocenters. The Morgan fingerprint density at radius 1 is 1.50 bits per heavy atom. The molecule has 2 fully saturated rings. The predicted molar refractivity (Wildman–Crippen MR) is 71.7 cm³/mol. The number of nitrogens with zero attached hydrogens (tertiary/aromatic N) is 1. The first-order chi connectivity index (χ1) is 8.65. The zero-order valence-electron chi connectivity index (χ0n) is 10.6. The van der Waals surface area contributed by atoms with E-state index in [1.54, 1.807) is 11.3 Å². The van der Waals surface area contributed by atoms with Crippen molar-refractivity contribution in [2.24, 2.45) is 11.8 Å². The summed E-state index contributed by atoms with van der Waals surface area (Å²) in [6.45, 7) is 3.88. The van der Waals surface area contributed by atoms with Gasteiger partial charge < -0.3 is 5.11 Å². The highest BCUT2D eigenvalue weighted by Crippen LogP contribution is 2.43. The predicted octanol–water partition coefficient (Wildman–Crippen LogP) is 2.74. The van der Waals surface area contributed by atoms with Gasteiger partial charge in [0.2, 0.25) is 0 Å². The van der Waals surface area contributed by atoms with Gasteiger partial charge in [-0.15, -0.1) is 11.3 Å². The Hall–Kier alpha value is -0.870. The zero-order valence-corrected chi connectivity index (χ0v) is 11.4. The second-order valence-electron chi connectivity index (χ2n) is 5.58. The van der Waals surface area contributed by atoms with E-state index in [0.717, 1.165) is 19.5 Å². The fraction of sp³-hybridized carbons (Fsp3) is 0.643. The number of aryl methyl sites for hydroxylation is 1. The van der Waals surface area contributed by atoms with Gasteiger partial charge in [-0.1, -0.05) is 6.42 Å². The molecule has 0 amide bonds. The molecular weight excluding hydrogens is 246 g/mol. The van der Waals surface area contributed by atoms with Crippen LogP contribution in [-0.4, -0.2) is 28.6 Å². The minimum Gasteiger partial charge on any atom is -0.480 e. The van der Waals surface area contributed by atoms with Crippen molar-refractivity contribution in [2.75, 3.05) is 6.54 Å². The zero-order chi connectivity index (χ0) is 12.7. The molecule has 1 saturated heterocycles. The van der Waals surface area contributed by atoms with E-state index < -0.39 is 5.97 Å². The Balaban J connectivity index is 1.77. The van der Waals surface area contributed by atoms with Crippen molar-refractivity contribution < 1.29 is 9.90 Å². The fourth-order valence-corrected chi connectivity index (χ4v) is 4.58. The summed E-state index contributed by atoms with van der Waals surface area (Å²) in [6.07, 6.45) is 3.53. The van der Waals surface area contributed by atoms with E-state index in [1.807, 2.05) is 0 Å². The van der Waals surface area contributed by atoms with Gasteiger partial charge in [0.1, 0.15) is 6.04 Å². The number of carbonyl (C=O) groups is 1. The SMILES string of the molecule is Cc1ccc(CN2CC3CCCC3C2C(=O)O)s1. The molecule has 1 saturated carbocycles. The van der Waals surface area contributed by atoms with Crippen LogP contribution in [0.25, 0.3) is 0 Å². The molecule has 3 rings (SSSR count). The van der Waals surface area contributed by atoms with Crippen molar-refractivity contribution in [3.8, 4) is 0 Å². The summed E-state index contributed by atoms with van der Waals surface area (Å²) in [5.74, 6) is 0.383. The van der Waals surface area contributed by atoms with E-state index >= 15 is 0 Å². The van der Waals surface area contributed by atoms with E-state index in [2.05, 4.69) is 24.0 Å². The lowest BCUT2D eigenvalue weighted by atomic mass is 9.94. The number of likely N-dealkylation sites (tertiary alicyclic amines) is 1. The molecule has 18 heavy (non-hydrogen) atoms. The number of aliphatic carboxylic acids is 1. The van der Waals surface area contributed by atoms with Gasteiger partial charge in [-0.05, 0) is 43.7 Å². The molecule has 0 radical (unpaired) electrons. The Labute approximate surface area is 111 Å². The highest BCUT2D eigenvalue weighted by molar-refractivity contribution is 7.11. The number of carboxylic acids is 1. The summed E-state index contributed by atoms with van der Waals surface area (Å²) in [5, 5.41) is 9.48. The summed E-state index contributed by atoms with van der Waals surface area (Å²) in [7, 11) is 0. The molecular formula is C14H19NO2S. The second kappa shape index (κ2) is 4.67. The summed E-state index contributed by atoms with van der Waals surface area (Å²) in [5.41, 5.74) is 0. The van der Waals surface area contributed by atoms with Crippen LogP contribution in [0, 0.1) is 18.8 Å². The highest BCUT2D eigenvalue weighted by Gasteiger charge is 2.47. The largest absolute Gasteiger partial charge is 0.480 e. The van der Waals surface area contributed by atoms with E-state index in [-0.39, 0.29) is 6.04 Å². The van der Waals surface area contributed by atoms with Crippen LogP contribution in [0.3, 0.4) is 0 Å². The highest BCUT2D eigenvalue weighted by atomic mass is 32.1. The molecule has 1 aliphatic heterocycles. The van der Waals surface area contributed by atoms with Crippen LogP contribution >= 0.6 is 11.3 Å². The van der Waals surface area contributed by atoms with Gasteiger partial charge >= 0.3 is 5.97 Å². The van der Waals surface area contributed by atoms with Crippen molar-refractivity contribution in [3.63, 3.8) is 0 Å². The van der Waals surface area contributed by atoms with Crippen molar-refractivity contribution >= 4 is 17.3 Å². The second-order valence-corrected chi connectivity index (χ2v) is 6.95. The Morgan fingerprint density at radius 2 is 2.33 bits per heavy atom. The van der Waals surface area contributed by atoms with Crippen molar-refractivity contribution in [2.45, 2.75) is 38.8 Å². The molecule has 3 unspecified atom stereocenters. The van der Waals surface area contributed by atoms with Crippen LogP contribution in [0.15, 0.2) is 12.1 Å². The number of carboxylic acid groups (broad SMARTS) is 1. The van der Waals surface area contributed by atoms with Crippen molar-refractivity contribution in [1.29, 1.82) is 0 Å². The lowest BCUT2D eigenvalue weighted by Crippen LogP contribution is -2.38. The van der Waals surface area contributed by atoms with E-state index in [4.69, 9.17) is 0 Å². The molecule has 1 aromatic heterocycles. The molecule has 0 bridgehead atoms. The normalized spacial score (nSPS) is 31.7. The first-order valence-electron chi connectivity index (χ1n) is 6.67. The molecule has 3 nitrogen and oxygen atoms in total. The number of fused-ring (bicyclic) bond motifs is 1. The maximum Gasteiger partial charge on any atom is 0.321 e. The van der Waals surface area contributed by atoms with Crippen LogP contribution in [-0.2, 0) is 11.3 Å². The summed E-state index contributed by atoms with van der Waals surface area (Å²) in [6, 6.07) is 4.00. The van der Waals surface area contributed by atoms with Gasteiger partial charge in [0.15, 0.2) is 0 Å². The summed E-state index contributed by atoms with van der Waals surface area (Å²) < 4.78 is 0. The van der Waals surface area contributed by atoms with Crippen LogP contribution in [0.4, 0.5) is 0 Å². The van der Waals surface area contributed by atoms with Crippen LogP contribution in [0.5, 0.6) is 0 Å². The Kier molecular flexibility index (Phi) is 3.16. The van der Waals surface area contributed by atoms with E-state index in [9.17, 15) is 9.90 Å². The van der Waals surface area contributed by atoms with Gasteiger partial charge in [-0.2, -0.15) is 0 Å². The monoisotopic (exact) mass is 265 g/mol. The van der Waals surface area contributed by atoms with Crippen LogP contribution in [0.1, 0.15) is 29.0 Å². The van der Waals surface area contributed by atoms with Gasteiger partial charge in [-0.3, -0.25) is 9.69 Å². The molecule has 1 aromatic rings. The minimum absolute atomic E-state index is 0.250. The van der Waals surface area contributed by atoms with Gasteiger partial charge in [0.25, 0.3) is 0 Å². The lowest BCUT2D eigenvalue weighted by Gasteiger charge is -2.23. The Morgan fingerprint density at radius 3 is 3.00 bits per heavy atom. The standard InChI is InChI=1S/C14H19NO2S/c1-9-5-6-11(18-9)8-15-7-10-3-2-4-12(10)13(15)14(16)17/h5-6,10,12-13H,2-4,7-8H2,1H3,(H,16,17).